The number of rotatable bonds is 8. The normalized spacial score (nSPS) is 11.4. The number of ether oxygens (including phenoxy) is 2. The zero-order valence-corrected chi connectivity index (χ0v) is 19.5. The van der Waals surface area contributed by atoms with E-state index in [0.717, 1.165) is 5.56 Å². The van der Waals surface area contributed by atoms with Crippen LogP contribution in [0.4, 0.5) is 13.2 Å². The van der Waals surface area contributed by atoms with Crippen molar-refractivity contribution in [1.82, 2.24) is 4.57 Å². The second-order valence-electron chi connectivity index (χ2n) is 7.34. The van der Waals surface area contributed by atoms with E-state index >= 15 is 0 Å². The maximum Gasteiger partial charge on any atom is 0.573 e. The van der Waals surface area contributed by atoms with Gasteiger partial charge in [-0.15, -0.1) is 13.2 Å². The fraction of sp³-hybridized carbons (Fsp3) is 0.250. The molecule has 0 saturated carbocycles. The fourth-order valence-electron chi connectivity index (χ4n) is 3.48. The molecule has 10 heteroatoms. The zero-order chi connectivity index (χ0) is 24.9. The monoisotopic (exact) mass is 513 g/mol. The number of para-hydroxylation sites is 1. The third kappa shape index (κ3) is 6.55. The van der Waals surface area contributed by atoms with Crippen molar-refractivity contribution in [2.75, 3.05) is 7.11 Å². The van der Waals surface area contributed by atoms with Crippen LogP contribution < -0.4 is 10.3 Å². The Morgan fingerprint density at radius 2 is 1.65 bits per heavy atom. The highest BCUT2D eigenvalue weighted by Crippen LogP contribution is 2.28. The number of pyridine rings is 1. The number of aromatic nitrogens is 1. The number of benzene rings is 2. The highest BCUT2D eigenvalue weighted by atomic mass is 35.5. The van der Waals surface area contributed by atoms with Gasteiger partial charge in [-0.1, -0.05) is 53.5 Å². The summed E-state index contributed by atoms with van der Waals surface area (Å²) >= 11 is 12.4. The molecule has 3 aromatic rings. The molecule has 0 radical (unpaired) electrons. The Labute approximate surface area is 203 Å². The third-order valence-electron chi connectivity index (χ3n) is 5.13. The lowest BCUT2D eigenvalue weighted by Crippen LogP contribution is -2.26. The van der Waals surface area contributed by atoms with Gasteiger partial charge in [0, 0.05) is 12.2 Å². The smallest absolute Gasteiger partial charge is 0.465 e. The molecule has 0 atom stereocenters. The predicted octanol–water partition coefficient (Wildman–Crippen LogP) is 5.87. The standard InChI is InChI=1S/C24H20Cl2F3NO4/c1-33-23(32)17-8-6-15(7-9-17)12-13-30-20(18(25)14-19(26)22(30)31)11-10-16-4-2-3-5-21(16)34-24(27,28)29/h2-9,14H,10-13H2,1H3. The number of nitrogens with zero attached hydrogens (tertiary/aromatic N) is 1. The number of alkyl halides is 3. The van der Waals surface area contributed by atoms with Gasteiger partial charge in [-0.3, -0.25) is 4.79 Å². The number of carbonyl (C=O) groups is 1. The summed E-state index contributed by atoms with van der Waals surface area (Å²) in [5.41, 5.74) is 1.57. The molecule has 0 aliphatic rings. The highest BCUT2D eigenvalue weighted by molar-refractivity contribution is 6.34. The van der Waals surface area contributed by atoms with Crippen LogP contribution >= 0.6 is 23.2 Å². The van der Waals surface area contributed by atoms with Gasteiger partial charge in [0.25, 0.3) is 5.56 Å². The Balaban J connectivity index is 1.83. The van der Waals surface area contributed by atoms with E-state index < -0.39 is 17.9 Å². The molecule has 1 heterocycles. The molecular formula is C24H20Cl2F3NO4. The summed E-state index contributed by atoms with van der Waals surface area (Å²) in [7, 11) is 1.29. The summed E-state index contributed by atoms with van der Waals surface area (Å²) in [6.45, 7) is 0.229. The lowest BCUT2D eigenvalue weighted by Gasteiger charge is -2.17. The molecule has 0 aliphatic carbocycles. The van der Waals surface area contributed by atoms with Crippen molar-refractivity contribution in [2.45, 2.75) is 32.2 Å². The Kier molecular flexibility index (Phi) is 8.28. The van der Waals surface area contributed by atoms with Crippen molar-refractivity contribution < 1.29 is 27.4 Å². The fourth-order valence-corrected chi connectivity index (χ4v) is 4.05. The first-order chi connectivity index (χ1) is 16.1. The number of methoxy groups -OCH3 is 1. The van der Waals surface area contributed by atoms with E-state index in [2.05, 4.69) is 9.47 Å². The van der Waals surface area contributed by atoms with Crippen LogP contribution in [0.3, 0.4) is 0 Å². The molecule has 0 unspecified atom stereocenters. The lowest BCUT2D eigenvalue weighted by molar-refractivity contribution is -0.274. The van der Waals surface area contributed by atoms with Gasteiger partial charge in [0.05, 0.1) is 17.7 Å². The second kappa shape index (κ2) is 11.0. The molecule has 0 bridgehead atoms. The Hall–Kier alpha value is -2.97. The quantitative estimate of drug-likeness (QED) is 0.353. The van der Waals surface area contributed by atoms with E-state index in [9.17, 15) is 22.8 Å². The Bertz CT molecular complexity index is 1220. The third-order valence-corrected chi connectivity index (χ3v) is 5.73. The van der Waals surface area contributed by atoms with Gasteiger partial charge in [0.1, 0.15) is 10.8 Å². The minimum Gasteiger partial charge on any atom is -0.465 e. The Morgan fingerprint density at radius 3 is 2.29 bits per heavy atom. The largest absolute Gasteiger partial charge is 0.573 e. The van der Waals surface area contributed by atoms with Crippen LogP contribution in [-0.4, -0.2) is 24.0 Å². The van der Waals surface area contributed by atoms with Gasteiger partial charge in [-0.25, -0.2) is 4.79 Å². The molecule has 34 heavy (non-hydrogen) atoms. The minimum atomic E-state index is -4.82. The number of hydrogen-bond acceptors (Lipinski definition) is 4. The average Bonchev–Trinajstić information content (AvgIpc) is 2.79. The topological polar surface area (TPSA) is 57.5 Å². The molecule has 180 valence electrons. The van der Waals surface area contributed by atoms with E-state index in [1.165, 1.54) is 35.9 Å². The maximum absolute atomic E-state index is 12.7. The van der Waals surface area contributed by atoms with E-state index in [0.29, 0.717) is 23.2 Å². The van der Waals surface area contributed by atoms with Gasteiger partial charge >= 0.3 is 12.3 Å². The van der Waals surface area contributed by atoms with Gasteiger partial charge in [0.2, 0.25) is 0 Å². The number of carbonyl (C=O) groups excluding carboxylic acids is 1. The summed E-state index contributed by atoms with van der Waals surface area (Å²) in [6, 6.07) is 13.9. The second-order valence-corrected chi connectivity index (χ2v) is 8.15. The minimum absolute atomic E-state index is 0.0596. The molecule has 0 N–H and O–H groups in total. The van der Waals surface area contributed by atoms with Crippen LogP contribution in [0.15, 0.2) is 59.4 Å². The molecule has 0 aliphatic heterocycles. The zero-order valence-electron chi connectivity index (χ0n) is 18.0. The van der Waals surface area contributed by atoms with E-state index in [1.807, 2.05) is 0 Å². The van der Waals surface area contributed by atoms with Crippen LogP contribution in [-0.2, 0) is 30.5 Å². The summed E-state index contributed by atoms with van der Waals surface area (Å²) < 4.78 is 48.4. The lowest BCUT2D eigenvalue weighted by atomic mass is 10.1. The number of esters is 1. The molecule has 0 amide bonds. The molecular weight excluding hydrogens is 494 g/mol. The number of halogens is 5. The summed E-state index contributed by atoms with van der Waals surface area (Å²) in [5, 5.41) is 0.176. The predicted molar refractivity (Wildman–Crippen MR) is 123 cm³/mol. The molecule has 0 fully saturated rings. The molecule has 0 saturated heterocycles. The summed E-state index contributed by atoms with van der Waals surface area (Å²) in [4.78, 5) is 24.3. The first kappa shape index (κ1) is 25.6. The van der Waals surface area contributed by atoms with Crippen molar-refractivity contribution in [1.29, 1.82) is 0 Å². The Morgan fingerprint density at radius 1 is 0.971 bits per heavy atom. The average molecular weight is 514 g/mol. The van der Waals surface area contributed by atoms with Crippen molar-refractivity contribution >= 4 is 29.2 Å². The van der Waals surface area contributed by atoms with Crippen LogP contribution in [0.2, 0.25) is 10.0 Å². The summed E-state index contributed by atoms with van der Waals surface area (Å²) in [5.74, 6) is -0.763. The van der Waals surface area contributed by atoms with E-state index in [-0.39, 0.29) is 35.2 Å². The van der Waals surface area contributed by atoms with Crippen LogP contribution in [0, 0.1) is 0 Å². The van der Waals surface area contributed by atoms with Crippen LogP contribution in [0.5, 0.6) is 5.75 Å². The van der Waals surface area contributed by atoms with E-state index in [4.69, 9.17) is 23.2 Å². The van der Waals surface area contributed by atoms with Gasteiger partial charge in [-0.2, -0.15) is 0 Å². The van der Waals surface area contributed by atoms with Crippen molar-refractivity contribution in [3.63, 3.8) is 0 Å². The van der Waals surface area contributed by atoms with Gasteiger partial charge < -0.3 is 14.0 Å². The van der Waals surface area contributed by atoms with Gasteiger partial charge in [0.15, 0.2) is 0 Å². The summed E-state index contributed by atoms with van der Waals surface area (Å²) in [6.07, 6.45) is -4.05. The molecule has 1 aromatic heterocycles. The SMILES string of the molecule is COC(=O)c1ccc(CCn2c(CCc3ccccc3OC(F)(F)F)c(Cl)cc(Cl)c2=O)cc1. The molecule has 3 rings (SSSR count). The van der Waals surface area contributed by atoms with Crippen LogP contribution in [0.1, 0.15) is 27.2 Å². The number of aryl methyl sites for hydroxylation is 2. The maximum atomic E-state index is 12.7. The van der Waals surface area contributed by atoms with E-state index in [1.54, 1.807) is 30.3 Å². The molecule has 0 spiro atoms. The first-order valence-corrected chi connectivity index (χ1v) is 10.9. The van der Waals surface area contributed by atoms with Crippen molar-refractivity contribution in [3.8, 4) is 5.75 Å². The van der Waals surface area contributed by atoms with Crippen LogP contribution in [0.25, 0.3) is 0 Å². The van der Waals surface area contributed by atoms with Crippen molar-refractivity contribution in [3.05, 3.63) is 97.4 Å². The number of hydrogen-bond donors (Lipinski definition) is 0. The molecule has 5 nitrogen and oxygen atoms in total. The first-order valence-electron chi connectivity index (χ1n) is 10.2. The molecule has 2 aromatic carbocycles. The highest BCUT2D eigenvalue weighted by Gasteiger charge is 2.32. The van der Waals surface area contributed by atoms with Crippen molar-refractivity contribution in [2.24, 2.45) is 0 Å². The van der Waals surface area contributed by atoms with Gasteiger partial charge in [-0.05, 0) is 54.7 Å².